The number of carboxylic acids is 1. The summed E-state index contributed by atoms with van der Waals surface area (Å²) in [6.45, 7) is 1.79. The Labute approximate surface area is 156 Å². The van der Waals surface area contributed by atoms with Crippen molar-refractivity contribution < 1.29 is 24.2 Å². The van der Waals surface area contributed by atoms with E-state index in [-0.39, 0.29) is 18.9 Å². The van der Waals surface area contributed by atoms with Gasteiger partial charge in [-0.15, -0.1) is 0 Å². The minimum atomic E-state index is -1.14. The van der Waals surface area contributed by atoms with Crippen molar-refractivity contribution in [1.29, 1.82) is 0 Å². The number of benzene rings is 2. The van der Waals surface area contributed by atoms with E-state index in [0.29, 0.717) is 17.0 Å². The highest BCUT2D eigenvalue weighted by atomic mass is 16.5. The third kappa shape index (κ3) is 4.08. The Bertz CT molecular complexity index is 852. The van der Waals surface area contributed by atoms with E-state index in [1.807, 2.05) is 6.07 Å². The average molecular weight is 368 g/mol. The number of amides is 2. The van der Waals surface area contributed by atoms with E-state index in [4.69, 9.17) is 4.74 Å². The summed E-state index contributed by atoms with van der Waals surface area (Å²) in [7, 11) is 0. The molecule has 2 aromatic rings. The smallest absolute Gasteiger partial charge is 0.330 e. The van der Waals surface area contributed by atoms with Gasteiger partial charge in [0.2, 0.25) is 5.91 Å². The SMILES string of the molecule is C[C@H]1Oc2ccccc2N(CCC(=O)N[C@H](C(=O)O)c2ccccc2)C1=O. The normalized spacial score (nSPS) is 16.9. The zero-order chi connectivity index (χ0) is 19.4. The number of carbonyl (C=O) groups is 3. The molecule has 7 heteroatoms. The largest absolute Gasteiger partial charge is 0.479 e. The molecule has 0 saturated carbocycles. The molecule has 1 heterocycles. The van der Waals surface area contributed by atoms with Crippen molar-refractivity contribution in [3.8, 4) is 5.75 Å². The van der Waals surface area contributed by atoms with Crippen molar-refractivity contribution >= 4 is 23.5 Å². The third-order valence-electron chi connectivity index (χ3n) is 4.32. The van der Waals surface area contributed by atoms with Crippen LogP contribution < -0.4 is 15.0 Å². The van der Waals surface area contributed by atoms with Crippen LogP contribution in [-0.2, 0) is 14.4 Å². The standard InChI is InChI=1S/C20H20N2O5/c1-13-19(24)22(15-9-5-6-10-16(15)27-13)12-11-17(23)21-18(20(25)26)14-7-3-2-4-8-14/h2-10,13,18H,11-12H2,1H3,(H,21,23)(H,25,26)/t13-,18+/m1/s1. The number of carboxylic acid groups (broad SMARTS) is 1. The van der Waals surface area contributed by atoms with E-state index >= 15 is 0 Å². The van der Waals surface area contributed by atoms with Gasteiger partial charge in [-0.2, -0.15) is 0 Å². The fraction of sp³-hybridized carbons (Fsp3) is 0.250. The summed E-state index contributed by atoms with van der Waals surface area (Å²) in [6.07, 6.45) is -0.664. The van der Waals surface area contributed by atoms with Crippen molar-refractivity contribution in [3.05, 3.63) is 60.2 Å². The summed E-state index contributed by atoms with van der Waals surface area (Å²) < 4.78 is 5.57. The summed E-state index contributed by atoms with van der Waals surface area (Å²) in [4.78, 5) is 37.8. The zero-order valence-corrected chi connectivity index (χ0v) is 14.8. The quantitative estimate of drug-likeness (QED) is 0.814. The Kier molecular flexibility index (Phi) is 5.40. The number of fused-ring (bicyclic) bond motifs is 1. The van der Waals surface area contributed by atoms with Crippen molar-refractivity contribution in [1.82, 2.24) is 5.32 Å². The van der Waals surface area contributed by atoms with Crippen LogP contribution in [0.4, 0.5) is 5.69 Å². The lowest BCUT2D eigenvalue weighted by Crippen LogP contribution is -2.46. The van der Waals surface area contributed by atoms with Gasteiger partial charge in [-0.05, 0) is 24.6 Å². The fourth-order valence-corrected chi connectivity index (χ4v) is 2.97. The zero-order valence-electron chi connectivity index (χ0n) is 14.8. The summed E-state index contributed by atoms with van der Waals surface area (Å²) in [6, 6.07) is 14.5. The van der Waals surface area contributed by atoms with E-state index in [2.05, 4.69) is 5.32 Å². The molecule has 27 heavy (non-hydrogen) atoms. The van der Waals surface area contributed by atoms with Gasteiger partial charge in [0.25, 0.3) is 5.91 Å². The predicted molar refractivity (Wildman–Crippen MR) is 98.5 cm³/mol. The number of rotatable bonds is 6. The Hall–Kier alpha value is -3.35. The molecule has 1 aliphatic heterocycles. The molecule has 3 rings (SSSR count). The molecule has 2 amide bonds. The van der Waals surface area contributed by atoms with Crippen LogP contribution in [0.3, 0.4) is 0 Å². The monoisotopic (exact) mass is 368 g/mol. The van der Waals surface area contributed by atoms with Crippen LogP contribution in [0.2, 0.25) is 0 Å². The average Bonchev–Trinajstić information content (AvgIpc) is 2.67. The second-order valence-corrected chi connectivity index (χ2v) is 6.22. The first-order valence-corrected chi connectivity index (χ1v) is 8.61. The van der Waals surface area contributed by atoms with E-state index in [9.17, 15) is 19.5 Å². The number of ether oxygens (including phenoxy) is 1. The van der Waals surface area contributed by atoms with Crippen molar-refractivity contribution in [3.63, 3.8) is 0 Å². The van der Waals surface area contributed by atoms with Crippen LogP contribution in [0.15, 0.2) is 54.6 Å². The molecule has 0 radical (unpaired) electrons. The molecule has 140 valence electrons. The second kappa shape index (κ2) is 7.90. The second-order valence-electron chi connectivity index (χ2n) is 6.22. The summed E-state index contributed by atoms with van der Waals surface area (Å²) in [5.74, 6) is -1.25. The molecule has 0 saturated heterocycles. The molecule has 1 aliphatic rings. The van der Waals surface area contributed by atoms with Crippen LogP contribution in [0.5, 0.6) is 5.75 Å². The summed E-state index contributed by atoms with van der Waals surface area (Å²) in [5, 5.41) is 11.9. The van der Waals surface area contributed by atoms with Crippen molar-refractivity contribution in [2.75, 3.05) is 11.4 Å². The van der Waals surface area contributed by atoms with Crippen LogP contribution in [0, 0.1) is 0 Å². The molecule has 0 unspecified atom stereocenters. The molecular formula is C20H20N2O5. The van der Waals surface area contributed by atoms with Gasteiger partial charge in [0.05, 0.1) is 5.69 Å². The molecule has 0 spiro atoms. The van der Waals surface area contributed by atoms with Crippen LogP contribution in [-0.4, -0.2) is 35.5 Å². The van der Waals surface area contributed by atoms with E-state index in [0.717, 1.165) is 0 Å². The first-order valence-electron chi connectivity index (χ1n) is 8.61. The lowest BCUT2D eigenvalue weighted by atomic mass is 10.1. The molecule has 0 aromatic heterocycles. The van der Waals surface area contributed by atoms with Gasteiger partial charge in [-0.1, -0.05) is 42.5 Å². The maximum Gasteiger partial charge on any atom is 0.330 e. The van der Waals surface area contributed by atoms with Gasteiger partial charge < -0.3 is 20.1 Å². The number of hydrogen-bond acceptors (Lipinski definition) is 4. The lowest BCUT2D eigenvalue weighted by molar-refractivity contribution is -0.142. The first kappa shape index (κ1) is 18.4. The molecule has 0 aliphatic carbocycles. The van der Waals surface area contributed by atoms with Gasteiger partial charge in [-0.3, -0.25) is 9.59 Å². The number of aliphatic carboxylic acids is 1. The van der Waals surface area contributed by atoms with Crippen molar-refractivity contribution in [2.24, 2.45) is 0 Å². The maximum absolute atomic E-state index is 12.4. The molecule has 0 bridgehead atoms. The van der Waals surface area contributed by atoms with Gasteiger partial charge in [-0.25, -0.2) is 4.79 Å². The first-order chi connectivity index (χ1) is 13.0. The number of carbonyl (C=O) groups excluding carboxylic acids is 2. The molecule has 7 nitrogen and oxygen atoms in total. The fourth-order valence-electron chi connectivity index (χ4n) is 2.97. The van der Waals surface area contributed by atoms with Crippen LogP contribution in [0.25, 0.3) is 0 Å². The minimum Gasteiger partial charge on any atom is -0.479 e. The number of nitrogens with one attached hydrogen (secondary N) is 1. The Balaban J connectivity index is 1.68. The Morgan fingerprint density at radius 1 is 1.15 bits per heavy atom. The van der Waals surface area contributed by atoms with Gasteiger partial charge in [0.15, 0.2) is 12.1 Å². The summed E-state index contributed by atoms with van der Waals surface area (Å²) >= 11 is 0. The van der Waals surface area contributed by atoms with E-state index in [1.54, 1.807) is 55.5 Å². The minimum absolute atomic E-state index is 0.0244. The number of nitrogens with zero attached hydrogens (tertiary/aromatic N) is 1. The van der Waals surface area contributed by atoms with E-state index < -0.39 is 24.0 Å². The highest BCUT2D eigenvalue weighted by Gasteiger charge is 2.31. The number of hydrogen-bond donors (Lipinski definition) is 2. The van der Waals surface area contributed by atoms with Crippen LogP contribution in [0.1, 0.15) is 24.9 Å². The predicted octanol–water partition coefficient (Wildman–Crippen LogP) is 2.13. The maximum atomic E-state index is 12.4. The van der Waals surface area contributed by atoms with Gasteiger partial charge in [0, 0.05) is 13.0 Å². The topological polar surface area (TPSA) is 95.9 Å². The number of para-hydroxylation sites is 2. The lowest BCUT2D eigenvalue weighted by Gasteiger charge is -2.32. The third-order valence-corrected chi connectivity index (χ3v) is 4.32. The molecule has 0 fully saturated rings. The van der Waals surface area contributed by atoms with Crippen molar-refractivity contribution in [2.45, 2.75) is 25.5 Å². The van der Waals surface area contributed by atoms with Gasteiger partial charge in [0.1, 0.15) is 5.75 Å². The van der Waals surface area contributed by atoms with Crippen LogP contribution >= 0.6 is 0 Å². The highest BCUT2D eigenvalue weighted by molar-refractivity contribution is 6.00. The highest BCUT2D eigenvalue weighted by Crippen LogP contribution is 2.33. The molecule has 2 aromatic carbocycles. The molecule has 2 N–H and O–H groups in total. The van der Waals surface area contributed by atoms with Gasteiger partial charge >= 0.3 is 5.97 Å². The Morgan fingerprint density at radius 2 is 1.81 bits per heavy atom. The number of anilines is 1. The summed E-state index contributed by atoms with van der Waals surface area (Å²) in [5.41, 5.74) is 1.09. The van der Waals surface area contributed by atoms with E-state index in [1.165, 1.54) is 4.90 Å². The Morgan fingerprint density at radius 3 is 2.52 bits per heavy atom. The molecular weight excluding hydrogens is 348 g/mol. The molecule has 2 atom stereocenters.